The van der Waals surface area contributed by atoms with Crippen molar-refractivity contribution in [3.8, 4) is 11.5 Å². The second kappa shape index (κ2) is 8.05. The van der Waals surface area contributed by atoms with E-state index in [4.69, 9.17) is 15.2 Å². The first-order valence-corrected chi connectivity index (χ1v) is 7.25. The van der Waals surface area contributed by atoms with Gasteiger partial charge in [0.15, 0.2) is 0 Å². The minimum absolute atomic E-state index is 0.220. The molecule has 1 aromatic carbocycles. The lowest BCUT2D eigenvalue weighted by molar-refractivity contribution is 0.187. The Hall–Kier alpha value is -1.22. The van der Waals surface area contributed by atoms with Gasteiger partial charge in [-0.05, 0) is 50.3 Å². The number of hydrogen-bond donors (Lipinski definition) is 1. The Morgan fingerprint density at radius 2 is 1.68 bits per heavy atom. The van der Waals surface area contributed by atoms with E-state index in [9.17, 15) is 0 Å². The SMILES string of the molecule is CCOc1cccc(OCCC(CC)(CC)CN)c1. The molecule has 0 aliphatic rings. The Kier molecular flexibility index (Phi) is 6.71. The van der Waals surface area contributed by atoms with Gasteiger partial charge in [0.25, 0.3) is 0 Å². The number of benzene rings is 1. The summed E-state index contributed by atoms with van der Waals surface area (Å²) >= 11 is 0. The highest BCUT2D eigenvalue weighted by Gasteiger charge is 2.24. The summed E-state index contributed by atoms with van der Waals surface area (Å²) in [5, 5.41) is 0. The lowest BCUT2D eigenvalue weighted by atomic mass is 9.80. The zero-order valence-corrected chi connectivity index (χ0v) is 12.4. The van der Waals surface area contributed by atoms with Gasteiger partial charge in [0.2, 0.25) is 0 Å². The van der Waals surface area contributed by atoms with Gasteiger partial charge in [0, 0.05) is 6.07 Å². The van der Waals surface area contributed by atoms with Crippen LogP contribution in [-0.2, 0) is 0 Å². The average molecular weight is 265 g/mol. The largest absolute Gasteiger partial charge is 0.494 e. The van der Waals surface area contributed by atoms with Crippen LogP contribution < -0.4 is 15.2 Å². The van der Waals surface area contributed by atoms with Crippen molar-refractivity contribution in [3.05, 3.63) is 24.3 Å². The molecule has 2 N–H and O–H groups in total. The summed E-state index contributed by atoms with van der Waals surface area (Å²) in [6.45, 7) is 8.48. The third kappa shape index (κ3) is 4.75. The van der Waals surface area contributed by atoms with Crippen LogP contribution in [0.3, 0.4) is 0 Å². The molecule has 0 aromatic heterocycles. The number of nitrogens with two attached hydrogens (primary N) is 1. The van der Waals surface area contributed by atoms with Crippen LogP contribution in [-0.4, -0.2) is 19.8 Å². The van der Waals surface area contributed by atoms with Crippen molar-refractivity contribution >= 4 is 0 Å². The van der Waals surface area contributed by atoms with Crippen LogP contribution in [0.2, 0.25) is 0 Å². The Balaban J connectivity index is 2.50. The van der Waals surface area contributed by atoms with Crippen LogP contribution >= 0.6 is 0 Å². The lowest BCUT2D eigenvalue weighted by Crippen LogP contribution is -2.31. The van der Waals surface area contributed by atoms with Gasteiger partial charge >= 0.3 is 0 Å². The molecule has 3 heteroatoms. The molecule has 3 nitrogen and oxygen atoms in total. The summed E-state index contributed by atoms with van der Waals surface area (Å²) in [4.78, 5) is 0. The summed E-state index contributed by atoms with van der Waals surface area (Å²) in [7, 11) is 0. The van der Waals surface area contributed by atoms with Crippen LogP contribution in [0.15, 0.2) is 24.3 Å². The van der Waals surface area contributed by atoms with E-state index in [1.807, 2.05) is 31.2 Å². The summed E-state index contributed by atoms with van der Waals surface area (Å²) in [5.41, 5.74) is 6.12. The second-order valence-corrected chi connectivity index (χ2v) is 4.92. The van der Waals surface area contributed by atoms with Crippen molar-refractivity contribution in [1.29, 1.82) is 0 Å². The first kappa shape index (κ1) is 15.8. The average Bonchev–Trinajstić information content (AvgIpc) is 2.45. The highest BCUT2D eigenvalue weighted by Crippen LogP contribution is 2.29. The predicted molar refractivity (Wildman–Crippen MR) is 79.8 cm³/mol. The monoisotopic (exact) mass is 265 g/mol. The van der Waals surface area contributed by atoms with Gasteiger partial charge in [-0.15, -0.1) is 0 Å². The first-order valence-electron chi connectivity index (χ1n) is 7.25. The Morgan fingerprint density at radius 1 is 1.05 bits per heavy atom. The highest BCUT2D eigenvalue weighted by molar-refractivity contribution is 5.32. The molecule has 0 heterocycles. The molecular formula is C16H27NO2. The van der Waals surface area contributed by atoms with Crippen LogP contribution in [0.25, 0.3) is 0 Å². The van der Waals surface area contributed by atoms with Crippen molar-refractivity contribution in [2.24, 2.45) is 11.1 Å². The standard InChI is InChI=1S/C16H27NO2/c1-4-16(5-2,13-17)10-11-19-15-9-7-8-14(12-15)18-6-3/h7-9,12H,4-6,10-11,13,17H2,1-3H3. The van der Waals surface area contributed by atoms with E-state index in [1.165, 1.54) is 0 Å². The Morgan fingerprint density at radius 3 is 2.21 bits per heavy atom. The van der Waals surface area contributed by atoms with Crippen molar-refractivity contribution in [3.63, 3.8) is 0 Å². The van der Waals surface area contributed by atoms with Gasteiger partial charge in [-0.2, -0.15) is 0 Å². The van der Waals surface area contributed by atoms with Crippen LogP contribution in [0.4, 0.5) is 0 Å². The van der Waals surface area contributed by atoms with Gasteiger partial charge in [0.05, 0.1) is 13.2 Å². The Labute approximate surface area is 117 Å². The second-order valence-electron chi connectivity index (χ2n) is 4.92. The van der Waals surface area contributed by atoms with E-state index in [1.54, 1.807) is 0 Å². The molecule has 0 aliphatic carbocycles. The van der Waals surface area contributed by atoms with Gasteiger partial charge in [-0.1, -0.05) is 19.9 Å². The minimum Gasteiger partial charge on any atom is -0.494 e. The van der Waals surface area contributed by atoms with E-state index in [0.29, 0.717) is 13.2 Å². The van der Waals surface area contributed by atoms with E-state index < -0.39 is 0 Å². The third-order valence-corrected chi connectivity index (χ3v) is 3.95. The van der Waals surface area contributed by atoms with Crippen LogP contribution in [0, 0.1) is 5.41 Å². The molecule has 0 aliphatic heterocycles. The molecule has 1 aromatic rings. The normalized spacial score (nSPS) is 11.4. The quantitative estimate of drug-likeness (QED) is 0.741. The van der Waals surface area contributed by atoms with Gasteiger partial charge in [0.1, 0.15) is 11.5 Å². The molecule has 0 bridgehead atoms. The van der Waals surface area contributed by atoms with Crippen LogP contribution in [0.5, 0.6) is 11.5 Å². The van der Waals surface area contributed by atoms with Crippen molar-refractivity contribution in [1.82, 2.24) is 0 Å². The summed E-state index contributed by atoms with van der Waals surface area (Å²) in [6, 6.07) is 7.80. The molecule has 0 radical (unpaired) electrons. The van der Waals surface area contributed by atoms with Crippen molar-refractivity contribution < 1.29 is 9.47 Å². The topological polar surface area (TPSA) is 44.5 Å². The third-order valence-electron chi connectivity index (χ3n) is 3.95. The fourth-order valence-electron chi connectivity index (χ4n) is 2.20. The van der Waals surface area contributed by atoms with E-state index in [-0.39, 0.29) is 5.41 Å². The van der Waals surface area contributed by atoms with Crippen molar-refractivity contribution in [2.45, 2.75) is 40.0 Å². The molecule has 19 heavy (non-hydrogen) atoms. The fraction of sp³-hybridized carbons (Fsp3) is 0.625. The van der Waals surface area contributed by atoms with E-state index in [2.05, 4.69) is 13.8 Å². The molecule has 108 valence electrons. The maximum atomic E-state index is 5.90. The number of hydrogen-bond acceptors (Lipinski definition) is 3. The molecule has 0 saturated heterocycles. The molecular weight excluding hydrogens is 238 g/mol. The Bertz CT molecular complexity index is 353. The zero-order chi connectivity index (χ0) is 14.1. The molecule has 0 saturated carbocycles. The fourth-order valence-corrected chi connectivity index (χ4v) is 2.20. The molecule has 1 rings (SSSR count). The van der Waals surface area contributed by atoms with Crippen molar-refractivity contribution in [2.75, 3.05) is 19.8 Å². The smallest absolute Gasteiger partial charge is 0.122 e. The van der Waals surface area contributed by atoms with Gasteiger partial charge in [-0.25, -0.2) is 0 Å². The van der Waals surface area contributed by atoms with Crippen LogP contribution in [0.1, 0.15) is 40.0 Å². The first-order chi connectivity index (χ1) is 9.19. The molecule has 0 unspecified atom stereocenters. The molecule has 0 atom stereocenters. The summed E-state index contributed by atoms with van der Waals surface area (Å²) < 4.78 is 11.3. The van der Waals surface area contributed by atoms with E-state index in [0.717, 1.165) is 37.3 Å². The van der Waals surface area contributed by atoms with E-state index >= 15 is 0 Å². The lowest BCUT2D eigenvalue weighted by Gasteiger charge is -2.29. The summed E-state index contributed by atoms with van der Waals surface area (Å²) in [6.07, 6.45) is 3.19. The molecule has 0 fully saturated rings. The number of ether oxygens (including phenoxy) is 2. The number of rotatable bonds is 9. The molecule has 0 spiro atoms. The highest BCUT2D eigenvalue weighted by atomic mass is 16.5. The minimum atomic E-state index is 0.220. The molecule has 0 amide bonds. The predicted octanol–water partition coefficient (Wildman–Crippen LogP) is 3.62. The maximum Gasteiger partial charge on any atom is 0.122 e. The van der Waals surface area contributed by atoms with Gasteiger partial charge in [-0.3, -0.25) is 0 Å². The summed E-state index contributed by atoms with van der Waals surface area (Å²) in [5.74, 6) is 1.72. The van der Waals surface area contributed by atoms with Gasteiger partial charge < -0.3 is 15.2 Å². The maximum absolute atomic E-state index is 5.90. The zero-order valence-electron chi connectivity index (χ0n) is 12.4.